The molecule has 2 amide bonds. The molecule has 3 aromatic rings. The Labute approximate surface area is 122 Å². The Morgan fingerprint density at radius 2 is 1.86 bits per heavy atom. The lowest BCUT2D eigenvalue weighted by Crippen LogP contribution is -2.20. The molecule has 0 aliphatic heterocycles. The van der Waals surface area contributed by atoms with Gasteiger partial charge in [0.15, 0.2) is 0 Å². The van der Waals surface area contributed by atoms with Crippen LogP contribution in [0.15, 0.2) is 42.7 Å². The van der Waals surface area contributed by atoms with E-state index in [9.17, 15) is 4.79 Å². The maximum absolute atomic E-state index is 12.1. The van der Waals surface area contributed by atoms with Crippen molar-refractivity contribution in [3.05, 3.63) is 53.9 Å². The van der Waals surface area contributed by atoms with E-state index in [0.29, 0.717) is 0 Å². The van der Waals surface area contributed by atoms with Gasteiger partial charge in [0, 0.05) is 11.4 Å². The van der Waals surface area contributed by atoms with E-state index in [1.54, 1.807) is 6.33 Å². The highest BCUT2D eigenvalue weighted by molar-refractivity contribution is 6.01. The summed E-state index contributed by atoms with van der Waals surface area (Å²) in [6.45, 7) is 3.94. The molecule has 3 N–H and O–H groups in total. The molecule has 21 heavy (non-hydrogen) atoms. The molecule has 0 atom stereocenters. The number of carbonyl (C=O) groups excluding carboxylic acids is 1. The summed E-state index contributed by atoms with van der Waals surface area (Å²) in [7, 11) is 0. The van der Waals surface area contributed by atoms with Crippen molar-refractivity contribution in [2.24, 2.45) is 0 Å². The molecule has 3 rings (SSSR count). The predicted octanol–water partition coefficient (Wildman–Crippen LogP) is 3.82. The number of hydrogen-bond acceptors (Lipinski definition) is 2. The molecule has 0 bridgehead atoms. The first-order valence-electron chi connectivity index (χ1n) is 6.71. The number of para-hydroxylation sites is 1. The first-order chi connectivity index (χ1) is 10.1. The topological polar surface area (TPSA) is 69.8 Å². The van der Waals surface area contributed by atoms with Crippen molar-refractivity contribution in [3.63, 3.8) is 0 Å². The van der Waals surface area contributed by atoms with Gasteiger partial charge in [0.2, 0.25) is 0 Å². The molecule has 5 nitrogen and oxygen atoms in total. The average molecular weight is 280 g/mol. The summed E-state index contributed by atoms with van der Waals surface area (Å²) in [5.41, 5.74) is 5.40. The van der Waals surface area contributed by atoms with Crippen LogP contribution in [0.5, 0.6) is 0 Å². The van der Waals surface area contributed by atoms with Crippen LogP contribution in [0.2, 0.25) is 0 Å². The Bertz CT molecular complexity index is 787. The summed E-state index contributed by atoms with van der Waals surface area (Å²) in [4.78, 5) is 19.3. The van der Waals surface area contributed by atoms with Gasteiger partial charge in [-0.05, 0) is 43.2 Å². The molecule has 106 valence electrons. The highest BCUT2D eigenvalue weighted by atomic mass is 16.2. The third-order valence-corrected chi connectivity index (χ3v) is 3.40. The smallest absolute Gasteiger partial charge is 0.323 e. The van der Waals surface area contributed by atoms with Gasteiger partial charge in [0.1, 0.15) is 0 Å². The average Bonchev–Trinajstić information content (AvgIpc) is 2.90. The van der Waals surface area contributed by atoms with Crippen LogP contribution in [-0.4, -0.2) is 16.0 Å². The number of anilines is 2. The number of carbonyl (C=O) groups is 1. The molecule has 5 heteroatoms. The maximum atomic E-state index is 12.1. The molecule has 2 aromatic carbocycles. The van der Waals surface area contributed by atoms with Gasteiger partial charge in [-0.2, -0.15) is 0 Å². The molecule has 0 fully saturated rings. The van der Waals surface area contributed by atoms with Crippen molar-refractivity contribution in [1.82, 2.24) is 9.97 Å². The minimum atomic E-state index is -0.258. The molecule has 0 saturated heterocycles. The molecule has 0 saturated carbocycles. The first kappa shape index (κ1) is 13.2. The number of H-pyrrole nitrogens is 1. The summed E-state index contributed by atoms with van der Waals surface area (Å²) in [5, 5.41) is 5.72. The zero-order valence-electron chi connectivity index (χ0n) is 11.9. The molecule has 0 spiro atoms. The molecule has 0 radical (unpaired) electrons. The lowest BCUT2D eigenvalue weighted by molar-refractivity contribution is 0.262. The maximum Gasteiger partial charge on any atom is 0.323 e. The molecule has 0 unspecified atom stereocenters. The fourth-order valence-electron chi connectivity index (χ4n) is 2.30. The second-order valence-corrected chi connectivity index (χ2v) is 4.98. The number of urea groups is 1. The number of hydrogen-bond donors (Lipinski definition) is 3. The normalized spacial score (nSPS) is 10.6. The molecular weight excluding hydrogens is 264 g/mol. The SMILES string of the molecule is Cc1cccc(C)c1NC(=O)Nc1ccc2nc[nH]c2c1. The Hall–Kier alpha value is -2.82. The van der Waals surface area contributed by atoms with Gasteiger partial charge in [0.05, 0.1) is 17.4 Å². The third kappa shape index (κ3) is 2.72. The van der Waals surface area contributed by atoms with Crippen LogP contribution in [0.25, 0.3) is 11.0 Å². The fourth-order valence-corrected chi connectivity index (χ4v) is 2.30. The van der Waals surface area contributed by atoms with Gasteiger partial charge < -0.3 is 15.6 Å². The van der Waals surface area contributed by atoms with E-state index in [-0.39, 0.29) is 6.03 Å². The van der Waals surface area contributed by atoms with Crippen molar-refractivity contribution < 1.29 is 4.79 Å². The highest BCUT2D eigenvalue weighted by Gasteiger charge is 2.08. The van der Waals surface area contributed by atoms with Gasteiger partial charge in [-0.3, -0.25) is 0 Å². The fraction of sp³-hybridized carbons (Fsp3) is 0.125. The minimum Gasteiger partial charge on any atom is -0.345 e. The lowest BCUT2D eigenvalue weighted by Gasteiger charge is -2.12. The number of aromatic amines is 1. The monoisotopic (exact) mass is 280 g/mol. The van der Waals surface area contributed by atoms with Crippen molar-refractivity contribution in [2.75, 3.05) is 10.6 Å². The molecule has 0 aliphatic rings. The third-order valence-electron chi connectivity index (χ3n) is 3.40. The second-order valence-electron chi connectivity index (χ2n) is 4.98. The zero-order valence-corrected chi connectivity index (χ0v) is 11.9. The van der Waals surface area contributed by atoms with Gasteiger partial charge in [-0.15, -0.1) is 0 Å². The van der Waals surface area contributed by atoms with Gasteiger partial charge in [-0.1, -0.05) is 18.2 Å². The molecular formula is C16H16N4O. The highest BCUT2D eigenvalue weighted by Crippen LogP contribution is 2.20. The Balaban J connectivity index is 1.77. The van der Waals surface area contributed by atoms with Crippen LogP contribution in [0.4, 0.5) is 16.2 Å². The van der Waals surface area contributed by atoms with Crippen LogP contribution in [-0.2, 0) is 0 Å². The summed E-state index contributed by atoms with van der Waals surface area (Å²) in [6.07, 6.45) is 1.63. The van der Waals surface area contributed by atoms with E-state index in [2.05, 4.69) is 20.6 Å². The number of amides is 2. The van der Waals surface area contributed by atoms with E-state index in [1.807, 2.05) is 50.2 Å². The summed E-state index contributed by atoms with van der Waals surface area (Å²) < 4.78 is 0. The number of nitrogens with zero attached hydrogens (tertiary/aromatic N) is 1. The quantitative estimate of drug-likeness (QED) is 0.667. The van der Waals surface area contributed by atoms with Crippen LogP contribution in [0, 0.1) is 13.8 Å². The molecule has 0 aliphatic carbocycles. The standard InChI is InChI=1S/C16H16N4O/c1-10-4-3-5-11(2)15(10)20-16(21)19-12-6-7-13-14(8-12)18-9-17-13/h3-9H,1-2H3,(H,17,18)(H2,19,20,21). The van der Waals surface area contributed by atoms with Crippen molar-refractivity contribution in [2.45, 2.75) is 13.8 Å². The Kier molecular flexibility index (Phi) is 3.31. The van der Waals surface area contributed by atoms with E-state index in [4.69, 9.17) is 0 Å². The number of rotatable bonds is 2. The summed E-state index contributed by atoms with van der Waals surface area (Å²) in [6, 6.07) is 11.2. The summed E-state index contributed by atoms with van der Waals surface area (Å²) in [5.74, 6) is 0. The predicted molar refractivity (Wildman–Crippen MR) is 84.7 cm³/mol. The number of nitrogens with one attached hydrogen (secondary N) is 3. The van der Waals surface area contributed by atoms with Crippen molar-refractivity contribution >= 4 is 28.4 Å². The van der Waals surface area contributed by atoms with Crippen molar-refractivity contribution in [1.29, 1.82) is 0 Å². The number of fused-ring (bicyclic) bond motifs is 1. The van der Waals surface area contributed by atoms with Gasteiger partial charge in [0.25, 0.3) is 0 Å². The van der Waals surface area contributed by atoms with Gasteiger partial charge in [-0.25, -0.2) is 9.78 Å². The Morgan fingerprint density at radius 1 is 1.10 bits per heavy atom. The number of aromatic nitrogens is 2. The Morgan fingerprint density at radius 3 is 2.62 bits per heavy atom. The van der Waals surface area contributed by atoms with E-state index >= 15 is 0 Å². The largest absolute Gasteiger partial charge is 0.345 e. The summed E-state index contributed by atoms with van der Waals surface area (Å²) >= 11 is 0. The molecule has 1 heterocycles. The van der Waals surface area contributed by atoms with Crippen LogP contribution >= 0.6 is 0 Å². The van der Waals surface area contributed by atoms with Crippen LogP contribution in [0.1, 0.15) is 11.1 Å². The van der Waals surface area contributed by atoms with E-state index in [0.717, 1.165) is 33.5 Å². The van der Waals surface area contributed by atoms with E-state index < -0.39 is 0 Å². The van der Waals surface area contributed by atoms with Gasteiger partial charge >= 0.3 is 6.03 Å². The second kappa shape index (κ2) is 5.28. The van der Waals surface area contributed by atoms with Crippen LogP contribution in [0.3, 0.4) is 0 Å². The first-order valence-corrected chi connectivity index (χ1v) is 6.71. The number of imidazole rings is 1. The number of benzene rings is 2. The lowest BCUT2D eigenvalue weighted by atomic mass is 10.1. The van der Waals surface area contributed by atoms with Crippen LogP contribution < -0.4 is 10.6 Å². The number of aryl methyl sites for hydroxylation is 2. The zero-order chi connectivity index (χ0) is 14.8. The molecule has 1 aromatic heterocycles. The van der Waals surface area contributed by atoms with E-state index in [1.165, 1.54) is 0 Å². The van der Waals surface area contributed by atoms with Crippen molar-refractivity contribution in [3.8, 4) is 0 Å². The minimum absolute atomic E-state index is 0.258.